The van der Waals surface area contributed by atoms with Crippen LogP contribution in [0, 0.1) is 0 Å². The fraction of sp³-hybridized carbons (Fsp3) is 0.941. The molecule has 0 aliphatic rings. The molecule has 63 heavy (non-hydrogen) atoms. The van der Waals surface area contributed by atoms with Crippen molar-refractivity contribution in [1.82, 2.24) is 9.80 Å². The zero-order chi connectivity index (χ0) is 47.3. The van der Waals surface area contributed by atoms with E-state index in [-0.39, 0.29) is 24.5 Å². The molecule has 0 aromatic rings. The molecule has 12 heteroatoms. The van der Waals surface area contributed by atoms with E-state index < -0.39 is 11.3 Å². The Kier molecular flexibility index (Phi) is 45.9. The highest BCUT2D eigenvalue weighted by atomic mass is 16.7. The molecule has 2 unspecified atom stereocenters. The van der Waals surface area contributed by atoms with E-state index in [2.05, 4.69) is 51.4 Å². The van der Waals surface area contributed by atoms with Crippen LogP contribution in [0.15, 0.2) is 0 Å². The van der Waals surface area contributed by atoms with E-state index in [1.54, 1.807) is 0 Å². The van der Waals surface area contributed by atoms with Gasteiger partial charge in [0.15, 0.2) is 13.5 Å². The fourth-order valence-corrected chi connectivity index (χ4v) is 7.65. The second-order valence-electron chi connectivity index (χ2n) is 18.4. The van der Waals surface area contributed by atoms with Crippen LogP contribution in [-0.2, 0) is 28.6 Å². The molecule has 0 bridgehead atoms. The first-order chi connectivity index (χ1) is 30.3. The number of hydrogen-bond donors (Lipinski definition) is 2. The summed E-state index contributed by atoms with van der Waals surface area (Å²) in [6, 6.07) is 0. The third kappa shape index (κ3) is 40.4. The van der Waals surface area contributed by atoms with E-state index in [4.69, 9.17) is 25.2 Å². The second kappa shape index (κ2) is 45.5. The van der Waals surface area contributed by atoms with Gasteiger partial charge in [-0.2, -0.15) is 0 Å². The van der Waals surface area contributed by atoms with Crippen molar-refractivity contribution in [1.29, 1.82) is 0 Å². The number of ether oxygens (including phenoxy) is 3. The van der Waals surface area contributed by atoms with Crippen molar-refractivity contribution in [2.75, 3.05) is 40.3 Å². The van der Waals surface area contributed by atoms with E-state index in [1.165, 1.54) is 121 Å². The van der Waals surface area contributed by atoms with Gasteiger partial charge in [-0.15, -0.1) is 0 Å². The quantitative estimate of drug-likeness (QED) is 0.0152. The average Bonchev–Trinajstić information content (AvgIpc) is 3.24. The Morgan fingerprint density at radius 2 is 0.905 bits per heavy atom. The molecule has 0 aromatic heterocycles. The van der Waals surface area contributed by atoms with Crippen LogP contribution in [0.2, 0.25) is 0 Å². The molecule has 0 aromatic carbocycles. The van der Waals surface area contributed by atoms with Gasteiger partial charge in [-0.25, -0.2) is 0 Å². The Morgan fingerprint density at radius 1 is 0.524 bits per heavy atom. The minimum Gasteiger partial charge on any atom is -0.466 e. The molecule has 0 amide bonds. The molecule has 0 saturated carbocycles. The van der Waals surface area contributed by atoms with Gasteiger partial charge in [0.05, 0.1) is 6.61 Å². The molecular weight excluding hydrogens is 790 g/mol. The van der Waals surface area contributed by atoms with Gasteiger partial charge >= 0.3 is 11.9 Å². The SMILES string of the molecule is CCCCN(C)C.[B]C(O)(OC=O)C([B])(O)N(CCCCCCCC(=O)OCCCCCCCCC)CCCCCCCC(=O)OC(CCCCCCCC)CCCCCCCC. The van der Waals surface area contributed by atoms with Gasteiger partial charge in [-0.1, -0.05) is 175 Å². The lowest BCUT2D eigenvalue weighted by atomic mass is 9.70. The number of unbranched alkanes of at least 4 members (excludes halogenated alkanes) is 25. The summed E-state index contributed by atoms with van der Waals surface area (Å²) in [6.07, 6.45) is 36.5. The van der Waals surface area contributed by atoms with Gasteiger partial charge < -0.3 is 29.3 Å². The van der Waals surface area contributed by atoms with Crippen LogP contribution < -0.4 is 0 Å². The summed E-state index contributed by atoms with van der Waals surface area (Å²) >= 11 is 0. The summed E-state index contributed by atoms with van der Waals surface area (Å²) in [7, 11) is 16.0. The van der Waals surface area contributed by atoms with Crippen molar-refractivity contribution < 1.29 is 38.8 Å². The maximum absolute atomic E-state index is 12.8. The van der Waals surface area contributed by atoms with Crippen LogP contribution in [0.5, 0.6) is 0 Å². The highest BCUT2D eigenvalue weighted by molar-refractivity contribution is 6.24. The number of rotatable bonds is 46. The lowest BCUT2D eigenvalue weighted by molar-refractivity contribution is -0.246. The Morgan fingerprint density at radius 3 is 1.32 bits per heavy atom. The predicted octanol–water partition coefficient (Wildman–Crippen LogP) is 11.8. The van der Waals surface area contributed by atoms with Crippen molar-refractivity contribution in [2.24, 2.45) is 0 Å². The average molecular weight is 891 g/mol. The number of nitrogens with zero attached hydrogens (tertiary/aromatic N) is 2. The van der Waals surface area contributed by atoms with Crippen LogP contribution in [0.3, 0.4) is 0 Å². The van der Waals surface area contributed by atoms with E-state index in [1.807, 2.05) is 0 Å². The maximum atomic E-state index is 12.8. The third-order valence-corrected chi connectivity index (χ3v) is 11.9. The van der Waals surface area contributed by atoms with Gasteiger partial charge in [0, 0.05) is 25.9 Å². The molecule has 0 rings (SSSR count). The van der Waals surface area contributed by atoms with Crippen molar-refractivity contribution in [3.63, 3.8) is 0 Å². The molecule has 368 valence electrons. The lowest BCUT2D eigenvalue weighted by Crippen LogP contribution is -2.67. The number of aliphatic hydroxyl groups is 2. The predicted molar refractivity (Wildman–Crippen MR) is 264 cm³/mol. The Bertz CT molecular complexity index is 1000. The highest BCUT2D eigenvalue weighted by Gasteiger charge is 2.46. The Balaban J connectivity index is 0. The van der Waals surface area contributed by atoms with E-state index in [0.717, 1.165) is 89.9 Å². The van der Waals surface area contributed by atoms with Gasteiger partial charge in [0.25, 0.3) is 6.47 Å². The first-order valence-corrected chi connectivity index (χ1v) is 26.2. The minimum absolute atomic E-state index is 0.0263. The molecular formula is C51H100B2N2O8. The van der Waals surface area contributed by atoms with Crippen LogP contribution >= 0.6 is 0 Å². The molecule has 0 aliphatic heterocycles. The lowest BCUT2D eigenvalue weighted by Gasteiger charge is -2.46. The number of carbonyl (C=O) groups is 3. The molecule has 0 heterocycles. The molecule has 0 aliphatic carbocycles. The second-order valence-corrected chi connectivity index (χ2v) is 18.4. The molecule has 0 spiro atoms. The largest absolute Gasteiger partial charge is 0.466 e. The zero-order valence-electron chi connectivity index (χ0n) is 42.1. The topological polar surface area (TPSA) is 126 Å². The Hall–Kier alpha value is -1.62. The van der Waals surface area contributed by atoms with Crippen LogP contribution in [-0.4, -0.2) is 112 Å². The number of hydrogen-bond acceptors (Lipinski definition) is 10. The summed E-state index contributed by atoms with van der Waals surface area (Å²) in [5, 5.41) is 21.5. The van der Waals surface area contributed by atoms with E-state index in [9.17, 15) is 24.6 Å². The molecule has 2 N–H and O–H groups in total. The van der Waals surface area contributed by atoms with Gasteiger partial charge in [-0.05, 0) is 84.8 Å². The van der Waals surface area contributed by atoms with Gasteiger partial charge in [0.1, 0.15) is 19.6 Å². The highest BCUT2D eigenvalue weighted by Crippen LogP contribution is 2.24. The molecule has 0 saturated heterocycles. The maximum Gasteiger partial charge on any atom is 0.306 e. The first kappa shape index (κ1) is 63.5. The first-order valence-electron chi connectivity index (χ1n) is 26.2. The number of esters is 2. The number of carbonyl (C=O) groups excluding carboxylic acids is 3. The standard InChI is InChI=1S/C45H85B2NO8.C6H15N/c1-4-7-10-13-16-25-32-39-54-42(50)35-28-21-17-23-30-37-48(44(46,52)45(47,53)55-40-49)38-31-24-18-22-29-36-43(51)56-41(33-26-19-14-11-8-5-2)34-27-20-15-12-9-6-3;1-4-5-6-7(2)3/h40-41,52-53H,4-39H2,1-3H3;4-6H2,1-3H3. The van der Waals surface area contributed by atoms with Crippen molar-refractivity contribution in [2.45, 2.75) is 270 Å². The summed E-state index contributed by atoms with van der Waals surface area (Å²) in [6.45, 7) is 11.3. The minimum atomic E-state index is -2.79. The van der Waals surface area contributed by atoms with Crippen LogP contribution in [0.4, 0.5) is 0 Å². The third-order valence-electron chi connectivity index (χ3n) is 11.9. The van der Waals surface area contributed by atoms with Crippen molar-refractivity contribution in [3.8, 4) is 0 Å². The molecule has 10 nitrogen and oxygen atoms in total. The molecule has 0 fully saturated rings. The molecule has 2 atom stereocenters. The van der Waals surface area contributed by atoms with Crippen molar-refractivity contribution >= 4 is 34.1 Å². The Labute approximate surface area is 391 Å². The summed E-state index contributed by atoms with van der Waals surface area (Å²) < 4.78 is 15.9. The smallest absolute Gasteiger partial charge is 0.306 e. The van der Waals surface area contributed by atoms with Crippen LogP contribution in [0.1, 0.15) is 252 Å². The van der Waals surface area contributed by atoms with E-state index >= 15 is 0 Å². The summed E-state index contributed by atoms with van der Waals surface area (Å²) in [5.41, 5.74) is -5.27. The normalized spacial score (nSPS) is 13.4. The van der Waals surface area contributed by atoms with E-state index in [0.29, 0.717) is 45.4 Å². The van der Waals surface area contributed by atoms with Crippen molar-refractivity contribution in [3.05, 3.63) is 0 Å². The molecule has 4 radical (unpaired) electrons. The summed E-state index contributed by atoms with van der Waals surface area (Å²) in [5.74, 6) is -0.235. The van der Waals surface area contributed by atoms with Crippen LogP contribution in [0.25, 0.3) is 0 Å². The fourth-order valence-electron chi connectivity index (χ4n) is 7.65. The summed E-state index contributed by atoms with van der Waals surface area (Å²) in [4.78, 5) is 39.5. The van der Waals surface area contributed by atoms with Gasteiger partial charge in [0.2, 0.25) is 0 Å². The monoisotopic (exact) mass is 891 g/mol. The zero-order valence-corrected chi connectivity index (χ0v) is 42.1. The van der Waals surface area contributed by atoms with Gasteiger partial charge in [-0.3, -0.25) is 19.3 Å².